The minimum absolute atomic E-state index is 0.0176. The smallest absolute Gasteiger partial charge is 0.326 e. The molecule has 1 unspecified atom stereocenters. The molecule has 7 nitrogen and oxygen atoms in total. The lowest BCUT2D eigenvalue weighted by Gasteiger charge is -2.35. The molecular weight excluding hydrogens is 492 g/mol. The number of rotatable bonds is 11. The van der Waals surface area contributed by atoms with Crippen molar-refractivity contribution < 1.29 is 28.2 Å². The number of aliphatic carboxylic acids is 1. The summed E-state index contributed by atoms with van der Waals surface area (Å²) < 4.78 is 34.7. The second-order valence-electron chi connectivity index (χ2n) is 11.0. The Morgan fingerprint density at radius 3 is 2.76 bits per heavy atom. The predicted molar refractivity (Wildman–Crippen MR) is 138 cm³/mol. The van der Waals surface area contributed by atoms with Gasteiger partial charge in [-0.05, 0) is 68.6 Å². The number of carboxylic acid groups (broad SMARTS) is 1. The van der Waals surface area contributed by atoms with E-state index in [1.54, 1.807) is 25.1 Å². The van der Waals surface area contributed by atoms with E-state index in [1.807, 2.05) is 0 Å². The molecule has 1 amide bonds. The van der Waals surface area contributed by atoms with Gasteiger partial charge in [0.15, 0.2) is 0 Å². The third-order valence-electron chi connectivity index (χ3n) is 8.20. The number of anilines is 1. The zero-order valence-corrected chi connectivity index (χ0v) is 21.6. The highest BCUT2D eigenvalue weighted by Crippen LogP contribution is 2.61. The Morgan fingerprint density at radius 1 is 1.26 bits per heavy atom. The van der Waals surface area contributed by atoms with Crippen molar-refractivity contribution in [3.05, 3.63) is 58.8 Å². The molecule has 0 bridgehead atoms. The number of benzene rings is 1. The van der Waals surface area contributed by atoms with Crippen molar-refractivity contribution in [3.8, 4) is 0 Å². The Bertz CT molecular complexity index is 1200. The second-order valence-corrected chi connectivity index (χ2v) is 11.0. The average Bonchev–Trinajstić information content (AvgIpc) is 3.47. The van der Waals surface area contributed by atoms with Crippen LogP contribution in [0, 0.1) is 12.8 Å². The minimum atomic E-state index is -3.21. The molecular formula is C29H35F2N3O4. The molecule has 2 atom stereocenters. The summed E-state index contributed by atoms with van der Waals surface area (Å²) in [5.41, 5.74) is 1.33. The molecule has 2 aliphatic carbocycles. The highest BCUT2D eigenvalue weighted by molar-refractivity contribution is 5.96. The van der Waals surface area contributed by atoms with Gasteiger partial charge in [0, 0.05) is 31.7 Å². The van der Waals surface area contributed by atoms with Crippen molar-refractivity contribution in [1.82, 2.24) is 10.3 Å². The van der Waals surface area contributed by atoms with Crippen molar-refractivity contribution in [3.63, 3.8) is 0 Å². The van der Waals surface area contributed by atoms with Crippen molar-refractivity contribution in [1.29, 1.82) is 0 Å². The minimum Gasteiger partial charge on any atom is -0.480 e. The van der Waals surface area contributed by atoms with Gasteiger partial charge in [0.25, 0.3) is 5.92 Å². The van der Waals surface area contributed by atoms with Gasteiger partial charge in [-0.15, -0.1) is 0 Å². The second kappa shape index (κ2) is 10.6. The first-order chi connectivity index (χ1) is 18.2. The summed E-state index contributed by atoms with van der Waals surface area (Å²) in [5.74, 6) is -3.87. The first-order valence-electron chi connectivity index (χ1n) is 13.5. The number of nitrogens with zero attached hydrogens (tertiary/aromatic N) is 1. The van der Waals surface area contributed by atoms with Crippen LogP contribution in [0.1, 0.15) is 60.9 Å². The third-order valence-corrected chi connectivity index (χ3v) is 8.20. The first kappa shape index (κ1) is 26.5. The molecule has 2 heterocycles. The van der Waals surface area contributed by atoms with E-state index in [0.29, 0.717) is 5.92 Å². The lowest BCUT2D eigenvalue weighted by atomic mass is 9.79. The van der Waals surface area contributed by atoms with E-state index < -0.39 is 35.7 Å². The number of carbonyl (C=O) groups excluding carboxylic acids is 1. The van der Waals surface area contributed by atoms with Crippen LogP contribution >= 0.6 is 0 Å². The molecule has 38 heavy (non-hydrogen) atoms. The summed E-state index contributed by atoms with van der Waals surface area (Å²) in [6.07, 6.45) is 5.39. The lowest BCUT2D eigenvalue weighted by Crippen LogP contribution is -2.48. The van der Waals surface area contributed by atoms with E-state index in [9.17, 15) is 23.5 Å². The SMILES string of the molecule is Cc1cccc(C2(C(=O)N[C@@H](CCOC3CC(CCc4ccc5c(n4)NCCC5)C3)C(=O)O)CC2(F)F)c1. The zero-order chi connectivity index (χ0) is 26.9. The number of carboxylic acids is 1. The summed E-state index contributed by atoms with van der Waals surface area (Å²) in [6.45, 7) is 2.87. The highest BCUT2D eigenvalue weighted by Gasteiger charge is 2.76. The highest BCUT2D eigenvalue weighted by atomic mass is 19.3. The Morgan fingerprint density at radius 2 is 2.05 bits per heavy atom. The maximum absolute atomic E-state index is 14.4. The summed E-state index contributed by atoms with van der Waals surface area (Å²) in [5, 5.41) is 15.3. The fraction of sp³-hybridized carbons (Fsp3) is 0.552. The summed E-state index contributed by atoms with van der Waals surface area (Å²) in [7, 11) is 0. The maximum atomic E-state index is 14.4. The van der Waals surface area contributed by atoms with Gasteiger partial charge in [-0.2, -0.15) is 0 Å². The zero-order valence-electron chi connectivity index (χ0n) is 21.6. The van der Waals surface area contributed by atoms with Crippen LogP contribution in [0.4, 0.5) is 14.6 Å². The molecule has 0 radical (unpaired) electrons. The summed E-state index contributed by atoms with van der Waals surface area (Å²) in [4.78, 5) is 29.5. The van der Waals surface area contributed by atoms with Crippen LogP contribution < -0.4 is 10.6 Å². The molecule has 9 heteroatoms. The molecule has 5 rings (SSSR count). The van der Waals surface area contributed by atoms with Gasteiger partial charge in [-0.1, -0.05) is 35.9 Å². The number of ether oxygens (including phenoxy) is 1. The maximum Gasteiger partial charge on any atom is 0.326 e. The monoisotopic (exact) mass is 527 g/mol. The molecule has 204 valence electrons. The molecule has 1 aromatic heterocycles. The van der Waals surface area contributed by atoms with Crippen LogP contribution in [0.2, 0.25) is 0 Å². The molecule has 2 saturated carbocycles. The number of carbonyl (C=O) groups is 2. The van der Waals surface area contributed by atoms with Crippen molar-refractivity contribution in [2.24, 2.45) is 5.92 Å². The van der Waals surface area contributed by atoms with Gasteiger partial charge in [-0.3, -0.25) is 4.79 Å². The normalized spacial score (nSPS) is 25.9. The van der Waals surface area contributed by atoms with Gasteiger partial charge in [0.1, 0.15) is 17.3 Å². The van der Waals surface area contributed by atoms with Gasteiger partial charge in [-0.25, -0.2) is 18.6 Å². The topological polar surface area (TPSA) is 101 Å². The molecule has 1 aliphatic heterocycles. The molecule has 2 aromatic rings. The Labute approximate surface area is 221 Å². The first-order valence-corrected chi connectivity index (χ1v) is 13.5. The molecule has 3 aliphatic rings. The van der Waals surface area contributed by atoms with Crippen molar-refractivity contribution in [2.75, 3.05) is 18.5 Å². The number of pyridine rings is 1. The number of hydrogen-bond acceptors (Lipinski definition) is 5. The van der Waals surface area contributed by atoms with E-state index in [1.165, 1.54) is 11.6 Å². The number of aryl methyl sites for hydroxylation is 3. The number of amides is 1. The van der Waals surface area contributed by atoms with Gasteiger partial charge >= 0.3 is 5.97 Å². The van der Waals surface area contributed by atoms with Gasteiger partial charge in [0.05, 0.1) is 6.10 Å². The van der Waals surface area contributed by atoms with E-state index in [0.717, 1.165) is 62.1 Å². The number of nitrogens with one attached hydrogen (secondary N) is 2. The number of halogens is 2. The average molecular weight is 528 g/mol. The quantitative estimate of drug-likeness (QED) is 0.400. The Balaban J connectivity index is 1.06. The predicted octanol–water partition coefficient (Wildman–Crippen LogP) is 4.41. The number of aromatic nitrogens is 1. The summed E-state index contributed by atoms with van der Waals surface area (Å²) >= 11 is 0. The van der Waals surface area contributed by atoms with E-state index >= 15 is 0 Å². The van der Waals surface area contributed by atoms with Gasteiger partial charge < -0.3 is 20.5 Å². The van der Waals surface area contributed by atoms with Crippen LogP contribution in [0.5, 0.6) is 0 Å². The van der Waals surface area contributed by atoms with Crippen LogP contribution in [0.25, 0.3) is 0 Å². The fourth-order valence-corrected chi connectivity index (χ4v) is 5.69. The molecule has 0 spiro atoms. The van der Waals surface area contributed by atoms with E-state index in [2.05, 4.69) is 22.8 Å². The lowest BCUT2D eigenvalue weighted by molar-refractivity contribution is -0.143. The third kappa shape index (κ3) is 5.39. The largest absolute Gasteiger partial charge is 0.480 e. The molecule has 1 aromatic carbocycles. The molecule has 3 N–H and O–H groups in total. The van der Waals surface area contributed by atoms with Crippen LogP contribution in [0.15, 0.2) is 36.4 Å². The molecule has 2 fully saturated rings. The van der Waals surface area contributed by atoms with E-state index in [4.69, 9.17) is 9.72 Å². The molecule has 0 saturated heterocycles. The standard InChI is InChI=1S/C29H35F2N3O4/c1-18-4-2-6-21(14-18)28(17-29(28,30)31)27(37)34-24(26(35)36)11-13-38-23-15-19(16-23)7-9-22-10-8-20-5-3-12-32-25(20)33-22/h2,4,6,8,10,14,19,23-24H,3,5,7,9,11-13,15-17H2,1H3,(H,32,33)(H,34,37)(H,35,36)/t19?,23?,24-,28?/m0/s1. The number of fused-ring (bicyclic) bond motifs is 1. The van der Waals surface area contributed by atoms with Crippen LogP contribution in [-0.4, -0.2) is 53.2 Å². The van der Waals surface area contributed by atoms with Crippen LogP contribution in [0.3, 0.4) is 0 Å². The Kier molecular flexibility index (Phi) is 7.40. The van der Waals surface area contributed by atoms with Gasteiger partial charge in [0.2, 0.25) is 5.91 Å². The van der Waals surface area contributed by atoms with Crippen LogP contribution in [-0.2, 0) is 32.6 Å². The Hall–Kier alpha value is -3.07. The number of hydrogen-bond donors (Lipinski definition) is 3. The van der Waals surface area contributed by atoms with Crippen molar-refractivity contribution >= 4 is 17.7 Å². The number of alkyl halides is 2. The fourth-order valence-electron chi connectivity index (χ4n) is 5.69. The van der Waals surface area contributed by atoms with Crippen molar-refractivity contribution in [2.45, 2.75) is 81.8 Å². The summed E-state index contributed by atoms with van der Waals surface area (Å²) in [6, 6.07) is 9.44. The van der Waals surface area contributed by atoms with E-state index in [-0.39, 0.29) is 24.7 Å².